The molecule has 1 aliphatic rings. The molecule has 94 valence electrons. The van der Waals surface area contributed by atoms with Crippen molar-refractivity contribution in [3.05, 3.63) is 0 Å². The lowest BCUT2D eigenvalue weighted by Crippen LogP contribution is -2.45. The lowest BCUT2D eigenvalue weighted by molar-refractivity contribution is -0.133. The van der Waals surface area contributed by atoms with Crippen LogP contribution in [0.15, 0.2) is 0 Å². The smallest absolute Gasteiger partial charge is 0.222 e. The average molecular weight is 226 g/mol. The first-order chi connectivity index (χ1) is 7.67. The van der Waals surface area contributed by atoms with E-state index >= 15 is 0 Å². The number of carbonyl (C=O) groups is 1. The maximum absolute atomic E-state index is 11.9. The van der Waals surface area contributed by atoms with Crippen molar-refractivity contribution in [2.24, 2.45) is 5.92 Å². The fraction of sp³-hybridized carbons (Fsp3) is 0.923. The van der Waals surface area contributed by atoms with Crippen LogP contribution in [0.1, 0.15) is 46.5 Å². The molecule has 1 aliphatic heterocycles. The van der Waals surface area contributed by atoms with Gasteiger partial charge in [-0.3, -0.25) is 4.79 Å². The van der Waals surface area contributed by atoms with Gasteiger partial charge in [-0.15, -0.1) is 0 Å². The Morgan fingerprint density at radius 1 is 1.38 bits per heavy atom. The van der Waals surface area contributed by atoms with Gasteiger partial charge < -0.3 is 10.2 Å². The Labute approximate surface area is 99.6 Å². The van der Waals surface area contributed by atoms with Crippen LogP contribution in [0.5, 0.6) is 0 Å². The van der Waals surface area contributed by atoms with Gasteiger partial charge in [0.2, 0.25) is 5.91 Å². The Morgan fingerprint density at radius 2 is 2.00 bits per heavy atom. The number of hydrogen-bond acceptors (Lipinski definition) is 2. The summed E-state index contributed by atoms with van der Waals surface area (Å²) >= 11 is 0. The molecule has 16 heavy (non-hydrogen) atoms. The third-order valence-corrected chi connectivity index (χ3v) is 3.56. The standard InChI is InChI=1S/C13H26N2O/c1-4-11(3)10-13(16)15-8-6-12(7-9-15)14-5-2/h11-12,14H,4-10H2,1-3H3. The second-order valence-corrected chi connectivity index (χ2v) is 4.93. The van der Waals surface area contributed by atoms with E-state index in [2.05, 4.69) is 26.1 Å². The highest BCUT2D eigenvalue weighted by Gasteiger charge is 2.22. The summed E-state index contributed by atoms with van der Waals surface area (Å²) in [5, 5.41) is 3.46. The Balaban J connectivity index is 2.27. The minimum Gasteiger partial charge on any atom is -0.343 e. The number of likely N-dealkylation sites (tertiary alicyclic amines) is 1. The molecule has 1 unspecified atom stereocenters. The van der Waals surface area contributed by atoms with Gasteiger partial charge in [-0.25, -0.2) is 0 Å². The van der Waals surface area contributed by atoms with E-state index < -0.39 is 0 Å². The van der Waals surface area contributed by atoms with Crippen LogP contribution < -0.4 is 5.32 Å². The van der Waals surface area contributed by atoms with Crippen molar-refractivity contribution >= 4 is 5.91 Å². The highest BCUT2D eigenvalue weighted by atomic mass is 16.2. The normalized spacial score (nSPS) is 19.8. The third kappa shape index (κ3) is 4.12. The van der Waals surface area contributed by atoms with Gasteiger partial charge in [0, 0.05) is 25.6 Å². The quantitative estimate of drug-likeness (QED) is 0.778. The number of rotatable bonds is 5. The Hall–Kier alpha value is -0.570. The van der Waals surface area contributed by atoms with Crippen LogP contribution in [-0.4, -0.2) is 36.5 Å². The summed E-state index contributed by atoms with van der Waals surface area (Å²) in [7, 11) is 0. The molecule has 1 rings (SSSR count). The zero-order valence-corrected chi connectivity index (χ0v) is 11.0. The summed E-state index contributed by atoms with van der Waals surface area (Å²) in [5.74, 6) is 0.878. The van der Waals surface area contributed by atoms with Gasteiger partial charge in [-0.1, -0.05) is 27.2 Å². The first-order valence-corrected chi connectivity index (χ1v) is 6.68. The number of amides is 1. The van der Waals surface area contributed by atoms with Gasteiger partial charge in [0.15, 0.2) is 0 Å². The summed E-state index contributed by atoms with van der Waals surface area (Å²) < 4.78 is 0. The third-order valence-electron chi connectivity index (χ3n) is 3.56. The molecule has 1 saturated heterocycles. The molecular weight excluding hydrogens is 200 g/mol. The number of carbonyl (C=O) groups excluding carboxylic acids is 1. The first kappa shape index (κ1) is 13.5. The number of hydrogen-bond donors (Lipinski definition) is 1. The number of nitrogens with one attached hydrogen (secondary N) is 1. The predicted molar refractivity (Wildman–Crippen MR) is 67.4 cm³/mol. The molecule has 0 spiro atoms. The first-order valence-electron chi connectivity index (χ1n) is 6.68. The number of piperidine rings is 1. The minimum absolute atomic E-state index is 0.351. The van der Waals surface area contributed by atoms with E-state index in [4.69, 9.17) is 0 Å². The molecule has 0 aromatic rings. The summed E-state index contributed by atoms with van der Waals surface area (Å²) in [6, 6.07) is 0.623. The molecule has 1 heterocycles. The molecule has 0 bridgehead atoms. The molecule has 3 heteroatoms. The molecule has 1 fully saturated rings. The van der Waals surface area contributed by atoms with Crippen LogP contribution in [0.4, 0.5) is 0 Å². The molecular formula is C13H26N2O. The Kier molecular flexibility index (Phi) is 5.81. The van der Waals surface area contributed by atoms with E-state index in [-0.39, 0.29) is 0 Å². The fourth-order valence-electron chi connectivity index (χ4n) is 2.19. The molecule has 1 amide bonds. The van der Waals surface area contributed by atoms with Gasteiger partial charge in [-0.2, -0.15) is 0 Å². The summed E-state index contributed by atoms with van der Waals surface area (Å²) in [4.78, 5) is 14.0. The van der Waals surface area contributed by atoms with Crippen molar-refractivity contribution in [2.45, 2.75) is 52.5 Å². The predicted octanol–water partition coefficient (Wildman–Crippen LogP) is 2.02. The zero-order valence-electron chi connectivity index (χ0n) is 11.0. The molecule has 3 nitrogen and oxygen atoms in total. The summed E-state index contributed by atoms with van der Waals surface area (Å²) in [6.07, 6.45) is 4.04. The van der Waals surface area contributed by atoms with Crippen LogP contribution in [-0.2, 0) is 4.79 Å². The highest BCUT2D eigenvalue weighted by molar-refractivity contribution is 5.76. The van der Waals surface area contributed by atoms with E-state index in [0.717, 1.165) is 45.3 Å². The van der Waals surface area contributed by atoms with Gasteiger partial charge in [0.05, 0.1) is 0 Å². The zero-order chi connectivity index (χ0) is 12.0. The van der Waals surface area contributed by atoms with Crippen molar-refractivity contribution in [3.8, 4) is 0 Å². The Morgan fingerprint density at radius 3 is 2.50 bits per heavy atom. The molecule has 1 N–H and O–H groups in total. The van der Waals surface area contributed by atoms with E-state index in [1.165, 1.54) is 0 Å². The van der Waals surface area contributed by atoms with Gasteiger partial charge in [0.1, 0.15) is 0 Å². The van der Waals surface area contributed by atoms with E-state index in [1.807, 2.05) is 4.90 Å². The molecule has 0 saturated carbocycles. The lowest BCUT2D eigenvalue weighted by atomic mass is 10.0. The molecule has 0 aromatic carbocycles. The highest BCUT2D eigenvalue weighted by Crippen LogP contribution is 2.14. The van der Waals surface area contributed by atoms with E-state index in [9.17, 15) is 4.79 Å². The summed E-state index contributed by atoms with van der Waals surface area (Å²) in [6.45, 7) is 9.35. The van der Waals surface area contributed by atoms with Crippen LogP contribution >= 0.6 is 0 Å². The Bertz CT molecular complexity index is 210. The number of nitrogens with zero attached hydrogens (tertiary/aromatic N) is 1. The largest absolute Gasteiger partial charge is 0.343 e. The van der Waals surface area contributed by atoms with Crippen LogP contribution in [0.2, 0.25) is 0 Å². The van der Waals surface area contributed by atoms with Crippen LogP contribution in [0.25, 0.3) is 0 Å². The van der Waals surface area contributed by atoms with Gasteiger partial charge in [0.25, 0.3) is 0 Å². The fourth-order valence-corrected chi connectivity index (χ4v) is 2.19. The molecule has 1 atom stereocenters. The van der Waals surface area contributed by atoms with Crippen molar-refractivity contribution in [1.82, 2.24) is 10.2 Å². The summed E-state index contributed by atoms with van der Waals surface area (Å²) in [5.41, 5.74) is 0. The molecule has 0 aromatic heterocycles. The van der Waals surface area contributed by atoms with Gasteiger partial charge in [-0.05, 0) is 25.3 Å². The van der Waals surface area contributed by atoms with Crippen molar-refractivity contribution in [1.29, 1.82) is 0 Å². The molecule has 0 radical (unpaired) electrons. The van der Waals surface area contributed by atoms with Crippen molar-refractivity contribution in [3.63, 3.8) is 0 Å². The maximum Gasteiger partial charge on any atom is 0.222 e. The second-order valence-electron chi connectivity index (χ2n) is 4.93. The van der Waals surface area contributed by atoms with E-state index in [0.29, 0.717) is 17.9 Å². The van der Waals surface area contributed by atoms with Crippen molar-refractivity contribution < 1.29 is 4.79 Å². The lowest BCUT2D eigenvalue weighted by Gasteiger charge is -2.33. The SMILES string of the molecule is CCNC1CCN(C(=O)CC(C)CC)CC1. The van der Waals surface area contributed by atoms with Crippen LogP contribution in [0, 0.1) is 5.92 Å². The maximum atomic E-state index is 11.9. The molecule has 0 aliphatic carbocycles. The van der Waals surface area contributed by atoms with E-state index in [1.54, 1.807) is 0 Å². The second kappa shape index (κ2) is 6.89. The average Bonchev–Trinajstić information content (AvgIpc) is 2.30. The van der Waals surface area contributed by atoms with Crippen molar-refractivity contribution in [2.75, 3.05) is 19.6 Å². The topological polar surface area (TPSA) is 32.3 Å². The monoisotopic (exact) mass is 226 g/mol. The van der Waals surface area contributed by atoms with Gasteiger partial charge >= 0.3 is 0 Å². The van der Waals surface area contributed by atoms with Crippen LogP contribution in [0.3, 0.4) is 0 Å². The minimum atomic E-state index is 0.351.